The van der Waals surface area contributed by atoms with Crippen LogP contribution in [0, 0.1) is 5.92 Å². The normalized spacial score (nSPS) is 11.6. The maximum Gasteiger partial charge on any atom is 0.203 e. The second-order valence-electron chi connectivity index (χ2n) is 18.3. The Labute approximate surface area is 460 Å². The monoisotopic (exact) mass is 1080 g/mol. The van der Waals surface area contributed by atoms with Crippen LogP contribution in [0.15, 0.2) is 72.8 Å². The van der Waals surface area contributed by atoms with Crippen molar-refractivity contribution in [1.29, 1.82) is 0 Å². The zero-order valence-electron chi connectivity index (χ0n) is 48.3. The Hall–Kier alpha value is -7.88. The van der Waals surface area contributed by atoms with Gasteiger partial charge in [-0.25, -0.2) is 0 Å². The van der Waals surface area contributed by atoms with Crippen molar-refractivity contribution in [3.8, 4) is 92.0 Å². The number of methoxy groups -OCH3 is 16. The van der Waals surface area contributed by atoms with Gasteiger partial charge in [-0.2, -0.15) is 0 Å². The van der Waals surface area contributed by atoms with Crippen LogP contribution in [0.4, 0.5) is 0 Å². The van der Waals surface area contributed by atoms with E-state index in [1.165, 1.54) is 0 Å². The third-order valence-corrected chi connectivity index (χ3v) is 14.3. The highest BCUT2D eigenvalue weighted by Crippen LogP contribution is 2.47. The van der Waals surface area contributed by atoms with E-state index >= 15 is 0 Å². The number of ether oxygens (including phenoxy) is 16. The minimum Gasteiger partial charge on any atom is -0.496 e. The fourth-order valence-electron chi connectivity index (χ4n) is 10.4. The van der Waals surface area contributed by atoms with E-state index in [-0.39, 0.29) is 11.8 Å². The first-order chi connectivity index (χ1) is 37.9. The molecule has 0 aliphatic heterocycles. The van der Waals surface area contributed by atoms with Crippen LogP contribution in [0.1, 0.15) is 56.8 Å². The molecule has 0 saturated carbocycles. The summed E-state index contributed by atoms with van der Waals surface area (Å²) in [5.74, 6) is 9.22. The van der Waals surface area contributed by atoms with Crippen molar-refractivity contribution in [2.24, 2.45) is 5.92 Å². The quantitative estimate of drug-likeness (QED) is 0.0406. The summed E-state index contributed by atoms with van der Waals surface area (Å²) >= 11 is 0. The molecule has 0 N–H and O–H groups in total. The van der Waals surface area contributed by atoms with Crippen molar-refractivity contribution in [3.63, 3.8) is 0 Å². The van der Waals surface area contributed by atoms with Crippen LogP contribution >= 0.6 is 0 Å². The first-order valence-corrected chi connectivity index (χ1v) is 25.5. The largest absolute Gasteiger partial charge is 0.496 e. The van der Waals surface area contributed by atoms with Gasteiger partial charge in [-0.15, -0.1) is 0 Å². The predicted molar refractivity (Wildman–Crippen MR) is 300 cm³/mol. The maximum atomic E-state index is 6.31. The zero-order chi connectivity index (χ0) is 56.5. The van der Waals surface area contributed by atoms with Crippen LogP contribution in [0.5, 0.6) is 92.0 Å². The van der Waals surface area contributed by atoms with Gasteiger partial charge in [0.05, 0.1) is 114 Å². The summed E-state index contributed by atoms with van der Waals surface area (Å²) in [7, 11) is 26.1. The molecule has 0 fully saturated rings. The number of rotatable bonds is 31. The standard InChI is InChI=1S/C62H78O16/c1-63-47-25-37(26-48(64-2)44(47)21-18-38-27-51(67-5)59(75-13)52(28-38)68-6)17-20-42(23-40-31-55(71-9)61(77-15)56(32-40)72-10)46(24-41-33-57(73-11)62(78-16)58(34-41)74-12)43-35-49(65-3)45(50(36-43)66-4)22-19-39-29-53(69-7)60(76-14)54(30-39)70-8/h25-36,42,46H,17-24H2,1-16H3/t42-,46-/m1/s1. The average molecular weight is 1080 g/mol. The lowest BCUT2D eigenvalue weighted by Gasteiger charge is -2.30. The molecule has 0 aliphatic carbocycles. The van der Waals surface area contributed by atoms with E-state index in [0.29, 0.717) is 132 Å². The summed E-state index contributed by atoms with van der Waals surface area (Å²) < 4.78 is 94.0. The molecular formula is C62H78O16. The fourth-order valence-corrected chi connectivity index (χ4v) is 10.4. The first-order valence-electron chi connectivity index (χ1n) is 25.5. The Morgan fingerprint density at radius 3 is 0.769 bits per heavy atom. The van der Waals surface area contributed by atoms with Crippen LogP contribution in [-0.2, 0) is 44.9 Å². The van der Waals surface area contributed by atoms with E-state index in [4.69, 9.17) is 75.8 Å². The van der Waals surface area contributed by atoms with Crippen LogP contribution in [0.3, 0.4) is 0 Å². The summed E-state index contributed by atoms with van der Waals surface area (Å²) in [4.78, 5) is 0. The lowest BCUT2D eigenvalue weighted by Crippen LogP contribution is -2.20. The Morgan fingerprint density at radius 1 is 0.244 bits per heavy atom. The van der Waals surface area contributed by atoms with Gasteiger partial charge in [0.1, 0.15) is 23.0 Å². The van der Waals surface area contributed by atoms with Gasteiger partial charge in [0, 0.05) is 11.1 Å². The van der Waals surface area contributed by atoms with Gasteiger partial charge in [-0.05, 0) is 169 Å². The summed E-state index contributed by atoms with van der Waals surface area (Å²) in [5.41, 5.74) is 7.85. The summed E-state index contributed by atoms with van der Waals surface area (Å²) in [6.45, 7) is 0. The molecule has 16 nitrogen and oxygen atoms in total. The van der Waals surface area contributed by atoms with Gasteiger partial charge < -0.3 is 75.8 Å². The molecule has 2 atom stereocenters. The molecule has 6 aromatic carbocycles. The molecule has 0 unspecified atom stereocenters. The second-order valence-corrected chi connectivity index (χ2v) is 18.3. The highest BCUT2D eigenvalue weighted by Gasteiger charge is 2.30. The zero-order valence-corrected chi connectivity index (χ0v) is 48.3. The predicted octanol–water partition coefficient (Wildman–Crippen LogP) is 11.2. The van der Waals surface area contributed by atoms with E-state index in [1.807, 2.05) is 48.5 Å². The minimum absolute atomic E-state index is 0.0666. The van der Waals surface area contributed by atoms with Crippen molar-refractivity contribution >= 4 is 0 Å². The maximum absolute atomic E-state index is 6.31. The van der Waals surface area contributed by atoms with Crippen molar-refractivity contribution in [2.45, 2.75) is 57.3 Å². The summed E-state index contributed by atoms with van der Waals surface area (Å²) in [5, 5.41) is 0. The summed E-state index contributed by atoms with van der Waals surface area (Å²) in [6, 6.07) is 24.5. The molecule has 422 valence electrons. The molecule has 0 aliphatic rings. The Morgan fingerprint density at radius 2 is 0.487 bits per heavy atom. The van der Waals surface area contributed by atoms with E-state index in [0.717, 1.165) is 56.0 Å². The van der Waals surface area contributed by atoms with Crippen LogP contribution in [0.25, 0.3) is 0 Å². The first kappa shape index (κ1) is 59.4. The summed E-state index contributed by atoms with van der Waals surface area (Å²) in [6.07, 6.45) is 4.99. The van der Waals surface area contributed by atoms with Crippen molar-refractivity contribution in [1.82, 2.24) is 0 Å². The van der Waals surface area contributed by atoms with Gasteiger partial charge in [0.2, 0.25) is 23.0 Å². The third kappa shape index (κ3) is 13.4. The van der Waals surface area contributed by atoms with E-state index in [2.05, 4.69) is 24.3 Å². The van der Waals surface area contributed by atoms with Gasteiger partial charge in [0.15, 0.2) is 46.0 Å². The molecule has 78 heavy (non-hydrogen) atoms. The van der Waals surface area contributed by atoms with Crippen molar-refractivity contribution in [3.05, 3.63) is 117 Å². The molecule has 0 saturated heterocycles. The molecule has 6 rings (SSSR count). The van der Waals surface area contributed by atoms with Gasteiger partial charge in [-0.3, -0.25) is 0 Å². The van der Waals surface area contributed by atoms with Crippen LogP contribution < -0.4 is 75.8 Å². The number of benzene rings is 6. The average Bonchev–Trinajstić information content (AvgIpc) is 3.48. The van der Waals surface area contributed by atoms with E-state index in [9.17, 15) is 0 Å². The lowest BCUT2D eigenvalue weighted by atomic mass is 9.75. The molecule has 0 amide bonds. The number of aryl methyl sites for hydroxylation is 3. The molecule has 0 radical (unpaired) electrons. The lowest BCUT2D eigenvalue weighted by molar-refractivity contribution is 0.321. The topological polar surface area (TPSA) is 148 Å². The molecule has 6 aromatic rings. The Bertz CT molecular complexity index is 2780. The smallest absolute Gasteiger partial charge is 0.203 e. The highest BCUT2D eigenvalue weighted by molar-refractivity contribution is 5.58. The van der Waals surface area contributed by atoms with Crippen molar-refractivity contribution < 1.29 is 75.8 Å². The van der Waals surface area contributed by atoms with E-state index in [1.54, 1.807) is 114 Å². The molecule has 0 bridgehead atoms. The SMILES string of the molecule is COc1cc(CC[C@H](Cc2cc(OC)c(OC)c(OC)c2)[C@@H](Cc2cc(OC)c(OC)c(OC)c2)c2cc(OC)c(CCc3cc(OC)c(OC)c(OC)c3)c(OC)c2)cc(OC)c1CCc1cc(OC)c(OC)c(OC)c1. The van der Waals surface area contributed by atoms with Gasteiger partial charge in [0.25, 0.3) is 0 Å². The number of hydrogen-bond acceptors (Lipinski definition) is 16. The fraction of sp³-hybridized carbons (Fsp3) is 0.419. The minimum atomic E-state index is -0.180. The highest BCUT2D eigenvalue weighted by atomic mass is 16.6. The van der Waals surface area contributed by atoms with Gasteiger partial charge >= 0.3 is 0 Å². The van der Waals surface area contributed by atoms with E-state index < -0.39 is 0 Å². The molecular weight excluding hydrogens is 1000 g/mol. The third-order valence-electron chi connectivity index (χ3n) is 14.3. The molecule has 0 spiro atoms. The Balaban J connectivity index is 1.49. The molecule has 0 heterocycles. The Kier molecular flexibility index (Phi) is 21.7. The number of hydrogen-bond donors (Lipinski definition) is 0. The van der Waals surface area contributed by atoms with Crippen molar-refractivity contribution in [2.75, 3.05) is 114 Å². The second kappa shape index (κ2) is 28.5. The molecule has 16 heteroatoms. The van der Waals surface area contributed by atoms with Crippen LogP contribution in [0.2, 0.25) is 0 Å². The molecule has 0 aromatic heterocycles. The van der Waals surface area contributed by atoms with Gasteiger partial charge in [-0.1, -0.05) is 0 Å². The van der Waals surface area contributed by atoms with Crippen LogP contribution in [-0.4, -0.2) is 114 Å².